The predicted molar refractivity (Wildman–Crippen MR) is 153 cm³/mol. The molecular formula is C28H34F2N10O2. The number of methoxy groups -OCH3 is 1. The average molecular weight is 581 g/mol. The van der Waals surface area contributed by atoms with Gasteiger partial charge in [0.05, 0.1) is 36.8 Å². The molecule has 0 aromatic carbocycles. The molecule has 6 rings (SSSR count). The number of nitrogens with zero attached hydrogens (tertiary/aromatic N) is 9. The van der Waals surface area contributed by atoms with Gasteiger partial charge in [-0.15, -0.1) is 0 Å². The number of ether oxygens (including phenoxy) is 2. The van der Waals surface area contributed by atoms with Gasteiger partial charge >= 0.3 is 0 Å². The van der Waals surface area contributed by atoms with Crippen molar-refractivity contribution >= 4 is 28.4 Å². The zero-order chi connectivity index (χ0) is 29.6. The Morgan fingerprint density at radius 1 is 1.17 bits per heavy atom. The van der Waals surface area contributed by atoms with Crippen LogP contribution in [0.5, 0.6) is 11.5 Å². The molecule has 5 aromatic heterocycles. The SMILES string of the molecule is COCCN1CCC(n2nc(Nc3nc4ncc(Oc5cnn6ccncc56)c(C(F)F)c4n3C)cc2C(C)(C)C)C1. The van der Waals surface area contributed by atoms with Crippen LogP contribution in [0.4, 0.5) is 20.5 Å². The second-order valence-electron chi connectivity index (χ2n) is 11.5. The Morgan fingerprint density at radius 3 is 2.76 bits per heavy atom. The lowest BCUT2D eigenvalue weighted by Gasteiger charge is -2.23. The molecule has 1 saturated heterocycles. The third-order valence-electron chi connectivity index (χ3n) is 7.58. The summed E-state index contributed by atoms with van der Waals surface area (Å²) in [5.41, 5.74) is 1.48. The standard InChI is InChI=1S/C28H34F2N10O2/c1-28(2,3)21-12-22(36-40(21)17-6-8-38(16-17)10-11-41-5)34-27-35-26-24(37(27)4)23(25(29)30)20(14-32-26)42-19-15-33-39-9-7-31-13-18(19)39/h7,9,12-15,17,25H,6,8,10-11,16H2,1-5H3,(H,32,34,35,36). The van der Waals surface area contributed by atoms with Crippen molar-refractivity contribution in [3.05, 3.63) is 48.3 Å². The molecule has 1 N–H and O–H groups in total. The number of pyridine rings is 1. The summed E-state index contributed by atoms with van der Waals surface area (Å²) in [7, 11) is 3.38. The van der Waals surface area contributed by atoms with E-state index < -0.39 is 6.43 Å². The van der Waals surface area contributed by atoms with E-state index in [0.717, 1.165) is 31.7 Å². The fraction of sp³-hybridized carbons (Fsp3) is 0.464. The van der Waals surface area contributed by atoms with Gasteiger partial charge in [0.2, 0.25) is 5.95 Å². The average Bonchev–Trinajstić information content (AvgIpc) is 3.74. The Morgan fingerprint density at radius 2 is 2.00 bits per heavy atom. The number of imidazole rings is 1. The van der Waals surface area contributed by atoms with E-state index >= 15 is 0 Å². The molecule has 1 unspecified atom stereocenters. The monoisotopic (exact) mass is 580 g/mol. The largest absolute Gasteiger partial charge is 0.451 e. The molecule has 12 nitrogen and oxygen atoms in total. The fourth-order valence-electron chi connectivity index (χ4n) is 5.44. The minimum atomic E-state index is -2.84. The molecule has 1 atom stereocenters. The number of aromatic nitrogens is 8. The van der Waals surface area contributed by atoms with Crippen LogP contribution >= 0.6 is 0 Å². The number of hydrogen-bond acceptors (Lipinski definition) is 9. The Labute approximate surface area is 241 Å². The van der Waals surface area contributed by atoms with Crippen LogP contribution in [0.15, 0.2) is 37.1 Å². The maximum Gasteiger partial charge on any atom is 0.269 e. The van der Waals surface area contributed by atoms with E-state index in [9.17, 15) is 8.78 Å². The van der Waals surface area contributed by atoms with Crippen molar-refractivity contribution in [1.82, 2.24) is 43.8 Å². The van der Waals surface area contributed by atoms with E-state index in [1.807, 2.05) is 6.07 Å². The maximum absolute atomic E-state index is 14.6. The predicted octanol–water partition coefficient (Wildman–Crippen LogP) is 4.87. The summed E-state index contributed by atoms with van der Waals surface area (Å²) < 4.78 is 45.5. The molecule has 6 heterocycles. The van der Waals surface area contributed by atoms with Crippen LogP contribution in [-0.4, -0.2) is 77.2 Å². The minimum Gasteiger partial charge on any atom is -0.451 e. The Balaban J connectivity index is 1.33. The first-order valence-corrected chi connectivity index (χ1v) is 13.8. The van der Waals surface area contributed by atoms with Gasteiger partial charge in [-0.3, -0.25) is 14.6 Å². The maximum atomic E-state index is 14.6. The quantitative estimate of drug-likeness (QED) is 0.261. The van der Waals surface area contributed by atoms with E-state index in [0.29, 0.717) is 29.6 Å². The van der Waals surface area contributed by atoms with E-state index in [1.165, 1.54) is 12.4 Å². The van der Waals surface area contributed by atoms with Crippen molar-refractivity contribution in [3.8, 4) is 11.5 Å². The molecule has 0 aliphatic carbocycles. The number of halogens is 2. The summed E-state index contributed by atoms with van der Waals surface area (Å²) in [6.07, 6.45) is 5.63. The molecule has 14 heteroatoms. The summed E-state index contributed by atoms with van der Waals surface area (Å²) in [6, 6.07) is 2.22. The van der Waals surface area contributed by atoms with Crippen molar-refractivity contribution < 1.29 is 18.3 Å². The first-order chi connectivity index (χ1) is 20.1. The van der Waals surface area contributed by atoms with Gasteiger partial charge in [0.25, 0.3) is 6.43 Å². The highest BCUT2D eigenvalue weighted by atomic mass is 19.3. The molecule has 1 aliphatic heterocycles. The Bertz CT molecular complexity index is 1720. The molecule has 0 radical (unpaired) electrons. The van der Waals surface area contributed by atoms with Crippen molar-refractivity contribution in [2.45, 2.75) is 45.1 Å². The molecule has 0 bridgehead atoms. The topological polar surface area (TPSA) is 112 Å². The van der Waals surface area contributed by atoms with Gasteiger partial charge in [0.15, 0.2) is 23.0 Å². The number of likely N-dealkylation sites (tertiary alicyclic amines) is 1. The lowest BCUT2D eigenvalue weighted by molar-refractivity contribution is 0.149. The van der Waals surface area contributed by atoms with Crippen molar-refractivity contribution in [3.63, 3.8) is 0 Å². The Kier molecular flexibility index (Phi) is 7.27. The van der Waals surface area contributed by atoms with Gasteiger partial charge in [0, 0.05) is 63.4 Å². The van der Waals surface area contributed by atoms with E-state index in [4.69, 9.17) is 14.6 Å². The number of fused-ring (bicyclic) bond motifs is 2. The van der Waals surface area contributed by atoms with Crippen molar-refractivity contribution in [1.29, 1.82) is 0 Å². The lowest BCUT2D eigenvalue weighted by Crippen LogP contribution is -2.27. The van der Waals surface area contributed by atoms with Crippen LogP contribution in [0, 0.1) is 0 Å². The van der Waals surface area contributed by atoms with Crippen LogP contribution < -0.4 is 10.1 Å². The number of nitrogens with one attached hydrogen (secondary N) is 1. The van der Waals surface area contributed by atoms with Gasteiger partial charge in [-0.05, 0) is 6.42 Å². The van der Waals surface area contributed by atoms with E-state index in [1.54, 1.807) is 41.8 Å². The zero-order valence-electron chi connectivity index (χ0n) is 24.3. The fourth-order valence-corrected chi connectivity index (χ4v) is 5.44. The van der Waals surface area contributed by atoms with Crippen LogP contribution in [0.2, 0.25) is 0 Å². The summed E-state index contributed by atoms with van der Waals surface area (Å²) in [5.74, 6) is 1.14. The molecule has 1 fully saturated rings. The van der Waals surface area contributed by atoms with Crippen molar-refractivity contribution in [2.75, 3.05) is 38.7 Å². The minimum absolute atomic E-state index is 0.0793. The molecule has 0 saturated carbocycles. The summed E-state index contributed by atoms with van der Waals surface area (Å²) in [6.45, 7) is 9.88. The third-order valence-corrected chi connectivity index (χ3v) is 7.58. The molecule has 42 heavy (non-hydrogen) atoms. The highest BCUT2D eigenvalue weighted by Gasteiger charge is 2.31. The van der Waals surface area contributed by atoms with E-state index in [-0.39, 0.29) is 33.9 Å². The van der Waals surface area contributed by atoms with Gasteiger partial charge in [-0.2, -0.15) is 15.2 Å². The smallest absolute Gasteiger partial charge is 0.269 e. The molecule has 0 spiro atoms. The number of anilines is 2. The number of aryl methyl sites for hydroxylation is 1. The number of rotatable bonds is 9. The first-order valence-electron chi connectivity index (χ1n) is 13.8. The molecule has 5 aromatic rings. The molecule has 1 aliphatic rings. The van der Waals surface area contributed by atoms with Gasteiger partial charge in [0.1, 0.15) is 11.0 Å². The summed E-state index contributed by atoms with van der Waals surface area (Å²) in [5, 5.41) is 12.4. The summed E-state index contributed by atoms with van der Waals surface area (Å²) >= 11 is 0. The lowest BCUT2D eigenvalue weighted by atomic mass is 9.91. The second kappa shape index (κ2) is 10.9. The molecular weight excluding hydrogens is 546 g/mol. The third kappa shape index (κ3) is 5.15. The van der Waals surface area contributed by atoms with Gasteiger partial charge in [-0.1, -0.05) is 20.8 Å². The number of alkyl halides is 2. The Hall–Kier alpha value is -4.17. The molecule has 222 valence electrons. The first kappa shape index (κ1) is 28.0. The van der Waals surface area contributed by atoms with Gasteiger partial charge < -0.3 is 19.4 Å². The zero-order valence-corrected chi connectivity index (χ0v) is 24.3. The van der Waals surface area contributed by atoms with Gasteiger partial charge in [-0.25, -0.2) is 18.3 Å². The van der Waals surface area contributed by atoms with Crippen LogP contribution in [0.3, 0.4) is 0 Å². The second-order valence-corrected chi connectivity index (χ2v) is 11.5. The molecule has 0 amide bonds. The van der Waals surface area contributed by atoms with Crippen LogP contribution in [-0.2, 0) is 17.2 Å². The van der Waals surface area contributed by atoms with Crippen molar-refractivity contribution in [2.24, 2.45) is 7.05 Å². The summed E-state index contributed by atoms with van der Waals surface area (Å²) in [4.78, 5) is 15.3. The number of hydrogen-bond donors (Lipinski definition) is 1. The normalized spacial score (nSPS) is 16.3. The highest BCUT2D eigenvalue weighted by Crippen LogP contribution is 2.39. The van der Waals surface area contributed by atoms with Crippen LogP contribution in [0.25, 0.3) is 16.7 Å². The van der Waals surface area contributed by atoms with Crippen LogP contribution in [0.1, 0.15) is 50.9 Å². The van der Waals surface area contributed by atoms with E-state index in [2.05, 4.69) is 55.7 Å². The highest BCUT2D eigenvalue weighted by molar-refractivity contribution is 5.82.